The Balaban J connectivity index is 2.12. The van der Waals surface area contributed by atoms with E-state index >= 15 is 0 Å². The molecule has 0 saturated carbocycles. The topological polar surface area (TPSA) is 52.1 Å². The van der Waals surface area contributed by atoms with Crippen molar-refractivity contribution in [2.24, 2.45) is 0 Å². The van der Waals surface area contributed by atoms with E-state index in [4.69, 9.17) is 4.74 Å². The molecule has 4 nitrogen and oxygen atoms in total. The average Bonchev–Trinajstić information content (AvgIpc) is 2.31. The lowest BCUT2D eigenvalue weighted by Gasteiger charge is -2.02. The maximum absolute atomic E-state index is 11.5. The zero-order valence-electron chi connectivity index (χ0n) is 7.83. The van der Waals surface area contributed by atoms with E-state index in [1.165, 1.54) is 0 Å². The number of hydrogen-bond donors (Lipinski definition) is 0. The summed E-state index contributed by atoms with van der Waals surface area (Å²) in [6, 6.07) is 6.45. The van der Waals surface area contributed by atoms with Gasteiger partial charge in [0.25, 0.3) is 0 Å². The Kier molecular flexibility index (Phi) is 2.69. The van der Waals surface area contributed by atoms with Crippen molar-refractivity contribution in [1.29, 1.82) is 0 Å². The number of pyridine rings is 2. The highest BCUT2D eigenvalue weighted by atomic mass is 16.5. The highest BCUT2D eigenvalue weighted by molar-refractivity contribution is 5.90. The number of esters is 1. The lowest BCUT2D eigenvalue weighted by molar-refractivity contribution is 0.0734. The van der Waals surface area contributed by atoms with E-state index < -0.39 is 5.97 Å². The van der Waals surface area contributed by atoms with Crippen LogP contribution in [0.1, 0.15) is 10.4 Å². The van der Waals surface area contributed by atoms with E-state index in [0.29, 0.717) is 11.3 Å². The second-order valence-corrected chi connectivity index (χ2v) is 2.81. The molecule has 0 fully saturated rings. The van der Waals surface area contributed by atoms with E-state index in [9.17, 15) is 4.79 Å². The van der Waals surface area contributed by atoms with Gasteiger partial charge in [0.05, 0.1) is 5.56 Å². The standard InChI is InChI=1S/C11H8N2O2/c14-11(9-1-5-12-6-2-9)15-10-3-7-13-8-4-10/h1-8H. The van der Waals surface area contributed by atoms with Crippen LogP contribution in [0.25, 0.3) is 0 Å². The molecule has 0 amide bonds. The summed E-state index contributed by atoms with van der Waals surface area (Å²) >= 11 is 0. The van der Waals surface area contributed by atoms with Crippen molar-refractivity contribution in [3.05, 3.63) is 54.6 Å². The Morgan fingerprint density at radius 2 is 1.47 bits per heavy atom. The van der Waals surface area contributed by atoms with Crippen LogP contribution in [0.15, 0.2) is 49.1 Å². The van der Waals surface area contributed by atoms with E-state index in [1.54, 1.807) is 49.1 Å². The molecule has 2 aromatic rings. The largest absolute Gasteiger partial charge is 0.423 e. The molecule has 0 aliphatic rings. The molecule has 4 heteroatoms. The van der Waals surface area contributed by atoms with Crippen molar-refractivity contribution in [3.63, 3.8) is 0 Å². The maximum Gasteiger partial charge on any atom is 0.343 e. The van der Waals surface area contributed by atoms with Gasteiger partial charge in [-0.2, -0.15) is 0 Å². The third-order valence-electron chi connectivity index (χ3n) is 1.78. The SMILES string of the molecule is O=C(Oc1ccncc1)c1ccncc1. The zero-order chi connectivity index (χ0) is 10.5. The maximum atomic E-state index is 11.5. The van der Waals surface area contributed by atoms with Crippen LogP contribution >= 0.6 is 0 Å². The molecule has 15 heavy (non-hydrogen) atoms. The smallest absolute Gasteiger partial charge is 0.343 e. The van der Waals surface area contributed by atoms with Gasteiger partial charge in [0, 0.05) is 24.8 Å². The minimum atomic E-state index is -0.399. The number of ether oxygens (including phenoxy) is 1. The molecule has 0 aliphatic carbocycles. The first kappa shape index (κ1) is 9.33. The second kappa shape index (κ2) is 4.32. The van der Waals surface area contributed by atoms with Gasteiger partial charge in [-0.25, -0.2) is 4.79 Å². The van der Waals surface area contributed by atoms with Gasteiger partial charge < -0.3 is 4.74 Å². The Labute approximate surface area is 86.6 Å². The van der Waals surface area contributed by atoms with Crippen LogP contribution < -0.4 is 4.74 Å². The molecule has 0 saturated heterocycles. The van der Waals surface area contributed by atoms with Crippen LogP contribution in [0.3, 0.4) is 0 Å². The van der Waals surface area contributed by atoms with E-state index in [1.807, 2.05) is 0 Å². The highest BCUT2D eigenvalue weighted by Crippen LogP contribution is 2.09. The molecular weight excluding hydrogens is 192 g/mol. The van der Waals surface area contributed by atoms with Crippen LogP contribution in [0.4, 0.5) is 0 Å². The highest BCUT2D eigenvalue weighted by Gasteiger charge is 2.06. The summed E-state index contributed by atoms with van der Waals surface area (Å²) in [7, 11) is 0. The molecule has 2 aromatic heterocycles. The van der Waals surface area contributed by atoms with Crippen LogP contribution in [-0.4, -0.2) is 15.9 Å². The van der Waals surface area contributed by atoms with Gasteiger partial charge >= 0.3 is 5.97 Å². The van der Waals surface area contributed by atoms with Crippen molar-refractivity contribution in [1.82, 2.24) is 9.97 Å². The van der Waals surface area contributed by atoms with Gasteiger partial charge in [-0.1, -0.05) is 0 Å². The predicted octanol–water partition coefficient (Wildman–Crippen LogP) is 1.70. The Morgan fingerprint density at radius 1 is 0.933 bits per heavy atom. The molecular formula is C11H8N2O2. The molecule has 2 rings (SSSR count). The van der Waals surface area contributed by atoms with Crippen LogP contribution in [0.5, 0.6) is 5.75 Å². The molecule has 0 aliphatic heterocycles. The average molecular weight is 200 g/mol. The van der Waals surface area contributed by atoms with Crippen LogP contribution in [0.2, 0.25) is 0 Å². The lowest BCUT2D eigenvalue weighted by Crippen LogP contribution is -2.08. The third kappa shape index (κ3) is 2.37. The lowest BCUT2D eigenvalue weighted by atomic mass is 10.3. The number of rotatable bonds is 2. The first-order valence-electron chi connectivity index (χ1n) is 4.38. The molecule has 0 N–H and O–H groups in total. The van der Waals surface area contributed by atoms with Crippen molar-refractivity contribution < 1.29 is 9.53 Å². The summed E-state index contributed by atoms with van der Waals surface area (Å²) in [6.07, 6.45) is 6.22. The number of nitrogens with zero attached hydrogens (tertiary/aromatic N) is 2. The molecule has 0 aromatic carbocycles. The van der Waals surface area contributed by atoms with Crippen molar-refractivity contribution in [3.8, 4) is 5.75 Å². The fourth-order valence-electron chi connectivity index (χ4n) is 1.06. The summed E-state index contributed by atoms with van der Waals surface area (Å²) in [4.78, 5) is 19.2. The molecule has 0 bridgehead atoms. The van der Waals surface area contributed by atoms with Gasteiger partial charge in [-0.05, 0) is 24.3 Å². The van der Waals surface area contributed by atoms with E-state index in [0.717, 1.165) is 0 Å². The molecule has 0 unspecified atom stereocenters. The quantitative estimate of drug-likeness (QED) is 0.692. The first-order valence-corrected chi connectivity index (χ1v) is 4.38. The summed E-state index contributed by atoms with van der Waals surface area (Å²) in [5.74, 6) is 0.0791. The Bertz CT molecular complexity index is 443. The predicted molar refractivity (Wildman–Crippen MR) is 53.4 cm³/mol. The normalized spacial score (nSPS) is 9.60. The molecule has 0 atom stereocenters. The molecule has 74 valence electrons. The first-order chi connectivity index (χ1) is 7.36. The van der Waals surface area contributed by atoms with Gasteiger partial charge in [-0.15, -0.1) is 0 Å². The summed E-state index contributed by atoms with van der Waals surface area (Å²) in [5, 5.41) is 0. The summed E-state index contributed by atoms with van der Waals surface area (Å²) in [6.45, 7) is 0. The number of carbonyl (C=O) groups is 1. The van der Waals surface area contributed by atoms with Gasteiger partial charge in [0.2, 0.25) is 0 Å². The second-order valence-electron chi connectivity index (χ2n) is 2.81. The number of hydrogen-bond acceptors (Lipinski definition) is 4. The molecule has 2 heterocycles. The van der Waals surface area contributed by atoms with Gasteiger partial charge in [0.15, 0.2) is 0 Å². The number of aromatic nitrogens is 2. The summed E-state index contributed by atoms with van der Waals surface area (Å²) < 4.78 is 5.09. The fraction of sp³-hybridized carbons (Fsp3) is 0. The van der Waals surface area contributed by atoms with Crippen molar-refractivity contribution >= 4 is 5.97 Å². The fourth-order valence-corrected chi connectivity index (χ4v) is 1.06. The zero-order valence-corrected chi connectivity index (χ0v) is 7.83. The Morgan fingerprint density at radius 3 is 2.07 bits per heavy atom. The minimum Gasteiger partial charge on any atom is -0.423 e. The third-order valence-corrected chi connectivity index (χ3v) is 1.78. The van der Waals surface area contributed by atoms with Crippen LogP contribution in [0, 0.1) is 0 Å². The van der Waals surface area contributed by atoms with Crippen molar-refractivity contribution in [2.75, 3.05) is 0 Å². The van der Waals surface area contributed by atoms with E-state index in [2.05, 4.69) is 9.97 Å². The molecule has 0 spiro atoms. The minimum absolute atomic E-state index is 0.399. The summed E-state index contributed by atoms with van der Waals surface area (Å²) in [5.41, 5.74) is 0.474. The van der Waals surface area contributed by atoms with Crippen molar-refractivity contribution in [2.45, 2.75) is 0 Å². The molecule has 0 radical (unpaired) electrons. The van der Waals surface area contributed by atoms with E-state index in [-0.39, 0.29) is 0 Å². The monoisotopic (exact) mass is 200 g/mol. The van der Waals surface area contributed by atoms with Crippen LogP contribution in [-0.2, 0) is 0 Å². The van der Waals surface area contributed by atoms with Gasteiger partial charge in [0.1, 0.15) is 5.75 Å². The Hall–Kier alpha value is -2.23. The van der Waals surface area contributed by atoms with Gasteiger partial charge in [-0.3, -0.25) is 9.97 Å². The number of carbonyl (C=O) groups excluding carboxylic acids is 1.